The van der Waals surface area contributed by atoms with Gasteiger partial charge in [0.1, 0.15) is 17.6 Å². The minimum absolute atomic E-state index is 0.110. The number of aliphatic hydroxyl groups excluding tert-OH is 1. The number of nitrogens with one attached hydrogen (secondary N) is 1. The van der Waals surface area contributed by atoms with Gasteiger partial charge in [-0.25, -0.2) is 9.13 Å². The van der Waals surface area contributed by atoms with Crippen LogP contribution in [0.15, 0.2) is 24.3 Å². The van der Waals surface area contributed by atoms with Crippen LogP contribution in [0.1, 0.15) is 20.8 Å². The van der Waals surface area contributed by atoms with Gasteiger partial charge in [0.25, 0.3) is 0 Å². The Bertz CT molecular complexity index is 610. The number of hydrogen-bond acceptors (Lipinski definition) is 2. The monoisotopic (exact) mass is 260 g/mol. The summed E-state index contributed by atoms with van der Waals surface area (Å²) in [6.45, 7) is 8.80. The summed E-state index contributed by atoms with van der Waals surface area (Å²) in [6, 6.07) is 8.39. The lowest BCUT2D eigenvalue weighted by Crippen LogP contribution is -2.32. The zero-order valence-electron chi connectivity index (χ0n) is 11.8. The average Bonchev–Trinajstić information content (AvgIpc) is 2.91. The molecule has 0 amide bonds. The molecule has 0 fully saturated rings. The van der Waals surface area contributed by atoms with Crippen LogP contribution in [-0.2, 0) is 13.1 Å². The van der Waals surface area contributed by atoms with Crippen molar-refractivity contribution in [3.05, 3.63) is 24.3 Å². The summed E-state index contributed by atoms with van der Waals surface area (Å²) in [6.07, 6.45) is -0.365. The molecule has 4 nitrogen and oxygen atoms in total. The second-order valence-corrected chi connectivity index (χ2v) is 6.38. The molecule has 0 radical (unpaired) electrons. The van der Waals surface area contributed by atoms with Gasteiger partial charge in [0, 0.05) is 0 Å². The third-order valence-electron chi connectivity index (χ3n) is 3.95. The van der Waals surface area contributed by atoms with Crippen molar-refractivity contribution in [2.45, 2.75) is 40.0 Å². The van der Waals surface area contributed by atoms with Crippen LogP contribution in [0.2, 0.25) is 0 Å². The van der Waals surface area contributed by atoms with Crippen LogP contribution >= 0.6 is 0 Å². The van der Waals surface area contributed by atoms with E-state index >= 15 is 0 Å². The van der Waals surface area contributed by atoms with Gasteiger partial charge in [0.2, 0.25) is 0 Å². The summed E-state index contributed by atoms with van der Waals surface area (Å²) in [7, 11) is 0. The smallest absolute Gasteiger partial charge is 0.358 e. The maximum Gasteiger partial charge on any atom is 0.358 e. The molecule has 0 spiro atoms. The number of aliphatic hydroxyl groups is 1. The molecule has 0 unspecified atom stereocenters. The molecule has 19 heavy (non-hydrogen) atoms. The van der Waals surface area contributed by atoms with E-state index in [0.29, 0.717) is 6.54 Å². The van der Waals surface area contributed by atoms with Gasteiger partial charge in [-0.1, -0.05) is 32.9 Å². The number of imidazole rings is 1. The molecular formula is C15H22N3O+. The minimum atomic E-state index is -0.365. The first-order valence-electron chi connectivity index (χ1n) is 6.91. The molecule has 0 saturated heterocycles. The molecule has 1 aromatic carbocycles. The normalized spacial score (nSPS) is 16.4. The summed E-state index contributed by atoms with van der Waals surface area (Å²) in [4.78, 5) is 0. The topological polar surface area (TPSA) is 41.1 Å². The number of anilines is 1. The molecule has 1 aromatic heterocycles. The maximum atomic E-state index is 10.4. The highest BCUT2D eigenvalue weighted by Crippen LogP contribution is 2.25. The van der Waals surface area contributed by atoms with Crippen LogP contribution in [0.5, 0.6) is 0 Å². The summed E-state index contributed by atoms with van der Waals surface area (Å²) in [5.74, 6) is 1.12. The molecule has 0 saturated carbocycles. The highest BCUT2D eigenvalue weighted by atomic mass is 16.3. The third-order valence-corrected chi connectivity index (χ3v) is 3.95. The molecule has 2 aromatic rings. The van der Waals surface area contributed by atoms with E-state index in [4.69, 9.17) is 0 Å². The second-order valence-electron chi connectivity index (χ2n) is 6.38. The van der Waals surface area contributed by atoms with E-state index in [1.54, 1.807) is 0 Å². The number of fused-ring (bicyclic) bond motifs is 3. The molecule has 1 aliphatic heterocycles. The van der Waals surface area contributed by atoms with Crippen LogP contribution in [0.25, 0.3) is 11.0 Å². The van der Waals surface area contributed by atoms with E-state index in [-0.39, 0.29) is 11.5 Å². The van der Waals surface area contributed by atoms with Gasteiger partial charge in [-0.3, -0.25) is 5.32 Å². The Kier molecular flexibility index (Phi) is 2.78. The van der Waals surface area contributed by atoms with Gasteiger partial charge < -0.3 is 5.11 Å². The number of aromatic nitrogens is 2. The third kappa shape index (κ3) is 2.00. The largest absolute Gasteiger partial charge is 0.389 e. The Morgan fingerprint density at radius 2 is 2.11 bits per heavy atom. The Morgan fingerprint density at radius 1 is 1.37 bits per heavy atom. The Hall–Kier alpha value is -1.55. The molecule has 102 valence electrons. The van der Waals surface area contributed by atoms with Gasteiger partial charge >= 0.3 is 5.95 Å². The molecule has 0 aliphatic carbocycles. The molecule has 2 heterocycles. The first kappa shape index (κ1) is 12.5. The molecule has 1 aliphatic rings. The van der Waals surface area contributed by atoms with Gasteiger partial charge in [0.05, 0.1) is 19.2 Å². The van der Waals surface area contributed by atoms with Gasteiger partial charge in [-0.15, -0.1) is 0 Å². The van der Waals surface area contributed by atoms with Crippen molar-refractivity contribution < 1.29 is 9.67 Å². The van der Waals surface area contributed by atoms with Crippen molar-refractivity contribution in [2.24, 2.45) is 5.41 Å². The van der Waals surface area contributed by atoms with E-state index in [9.17, 15) is 5.11 Å². The van der Waals surface area contributed by atoms with Crippen LogP contribution in [-0.4, -0.2) is 22.3 Å². The van der Waals surface area contributed by atoms with Crippen molar-refractivity contribution in [3.8, 4) is 0 Å². The molecule has 2 N–H and O–H groups in total. The first-order valence-corrected chi connectivity index (χ1v) is 6.91. The number of hydrogen-bond donors (Lipinski definition) is 2. The van der Waals surface area contributed by atoms with E-state index in [1.165, 1.54) is 11.0 Å². The molecule has 3 rings (SSSR count). The van der Waals surface area contributed by atoms with Crippen molar-refractivity contribution in [2.75, 3.05) is 11.9 Å². The quantitative estimate of drug-likeness (QED) is 0.808. The van der Waals surface area contributed by atoms with Crippen molar-refractivity contribution in [3.63, 3.8) is 0 Å². The minimum Gasteiger partial charge on any atom is -0.389 e. The Morgan fingerprint density at radius 3 is 2.84 bits per heavy atom. The fourth-order valence-electron chi connectivity index (χ4n) is 2.62. The van der Waals surface area contributed by atoms with Crippen LogP contribution in [0.3, 0.4) is 0 Å². The first-order chi connectivity index (χ1) is 8.98. The highest BCUT2D eigenvalue weighted by Gasteiger charge is 2.31. The molecular weight excluding hydrogens is 238 g/mol. The van der Waals surface area contributed by atoms with Crippen molar-refractivity contribution in [1.29, 1.82) is 0 Å². The lowest BCUT2D eigenvalue weighted by molar-refractivity contribution is -0.644. The fraction of sp³-hybridized carbons (Fsp3) is 0.533. The Labute approximate surface area is 113 Å². The lowest BCUT2D eigenvalue weighted by atomic mass is 9.89. The lowest BCUT2D eigenvalue weighted by Gasteiger charge is -2.25. The molecule has 0 bridgehead atoms. The predicted molar refractivity (Wildman–Crippen MR) is 76.1 cm³/mol. The average molecular weight is 260 g/mol. The number of benzene rings is 1. The maximum absolute atomic E-state index is 10.4. The SMILES string of the molecule is CC(C)(C)[C@@H](O)Cn1c2[n+](c3ccccc31)CCN2. The van der Waals surface area contributed by atoms with Crippen molar-refractivity contribution in [1.82, 2.24) is 4.57 Å². The summed E-state index contributed by atoms with van der Waals surface area (Å²) in [5, 5.41) is 13.8. The highest BCUT2D eigenvalue weighted by molar-refractivity contribution is 5.74. The summed E-state index contributed by atoms with van der Waals surface area (Å²) >= 11 is 0. The zero-order chi connectivity index (χ0) is 13.6. The predicted octanol–water partition coefficient (Wildman–Crippen LogP) is 1.76. The van der Waals surface area contributed by atoms with Gasteiger partial charge in [0.15, 0.2) is 0 Å². The molecule has 1 atom stereocenters. The zero-order valence-corrected chi connectivity index (χ0v) is 11.8. The summed E-state index contributed by atoms with van der Waals surface area (Å²) < 4.78 is 4.50. The fourth-order valence-corrected chi connectivity index (χ4v) is 2.62. The van der Waals surface area contributed by atoms with Crippen molar-refractivity contribution >= 4 is 17.0 Å². The number of nitrogens with zero attached hydrogens (tertiary/aromatic N) is 2. The standard InChI is InChI=1S/C15H21N3O/c1-15(2,3)13(19)10-18-12-7-5-4-6-11(12)17-9-8-16-14(17)18/h4-7,13,19H,8-10H2,1-3H3/p+1/t13-/m0/s1. The van der Waals surface area contributed by atoms with E-state index < -0.39 is 0 Å². The second kappa shape index (κ2) is 4.23. The Balaban J connectivity index is 2.08. The van der Waals surface area contributed by atoms with Crippen LogP contribution in [0.4, 0.5) is 5.95 Å². The van der Waals surface area contributed by atoms with E-state index in [1.807, 2.05) is 0 Å². The van der Waals surface area contributed by atoms with Crippen LogP contribution in [0, 0.1) is 5.41 Å². The van der Waals surface area contributed by atoms with Gasteiger partial charge in [-0.2, -0.15) is 0 Å². The van der Waals surface area contributed by atoms with Crippen LogP contribution < -0.4 is 9.88 Å². The number of rotatable bonds is 2. The van der Waals surface area contributed by atoms with E-state index in [2.05, 4.69) is 59.5 Å². The number of para-hydroxylation sites is 2. The van der Waals surface area contributed by atoms with Gasteiger partial charge in [-0.05, 0) is 17.5 Å². The summed E-state index contributed by atoms with van der Waals surface area (Å²) in [5.41, 5.74) is 2.32. The van der Waals surface area contributed by atoms with E-state index in [0.717, 1.165) is 19.0 Å². The molecule has 4 heteroatoms.